The minimum atomic E-state index is -4.39. The molecule has 1 unspecified atom stereocenters. The van der Waals surface area contributed by atoms with Crippen LogP contribution in [0.2, 0.25) is 0 Å². The maximum absolute atomic E-state index is 15.3. The number of anilines is 2. The second kappa shape index (κ2) is 13.4. The van der Waals surface area contributed by atoms with Crippen molar-refractivity contribution < 1.29 is 27.0 Å². The zero-order chi connectivity index (χ0) is 29.9. The molecule has 42 heavy (non-hydrogen) atoms. The lowest BCUT2D eigenvalue weighted by Crippen LogP contribution is -2.51. The van der Waals surface area contributed by atoms with Crippen molar-refractivity contribution in [3.63, 3.8) is 0 Å². The Morgan fingerprint density at radius 2 is 2.00 bits per heavy atom. The number of halogens is 4. The minimum Gasteiger partial charge on any atom is -0.495 e. The fraction of sp³-hybridized carbons (Fsp3) is 0.484. The van der Waals surface area contributed by atoms with Crippen LogP contribution in [0.5, 0.6) is 5.75 Å². The molecule has 226 valence electrons. The summed E-state index contributed by atoms with van der Waals surface area (Å²) < 4.78 is 67.9. The molecule has 5 rings (SSSR count). The van der Waals surface area contributed by atoms with Crippen molar-refractivity contribution in [3.8, 4) is 17.6 Å². The van der Waals surface area contributed by atoms with Gasteiger partial charge in [0.05, 0.1) is 53.7 Å². The van der Waals surface area contributed by atoms with Gasteiger partial charge in [0.25, 0.3) is 0 Å². The Balaban J connectivity index is 1.35. The number of ether oxygens (including phenoxy) is 2. The molecular formula is C31H36F4N3O2PS. The van der Waals surface area contributed by atoms with Gasteiger partial charge in [0, 0.05) is 25.7 Å². The molecule has 2 aliphatic heterocycles. The molecule has 1 aromatic heterocycles. The zero-order valence-electron chi connectivity index (χ0n) is 24.0. The summed E-state index contributed by atoms with van der Waals surface area (Å²) in [6.07, 6.45) is -5.04. The van der Waals surface area contributed by atoms with Gasteiger partial charge in [0.1, 0.15) is 11.9 Å². The van der Waals surface area contributed by atoms with Crippen LogP contribution in [0.15, 0.2) is 36.4 Å². The molecule has 0 spiro atoms. The number of piperidine rings is 1. The number of fused-ring (bicyclic) bond motifs is 1. The maximum atomic E-state index is 15.3. The first-order valence-electron chi connectivity index (χ1n) is 14.0. The summed E-state index contributed by atoms with van der Waals surface area (Å²) in [6, 6.07) is 11.1. The third-order valence-electron chi connectivity index (χ3n) is 7.80. The minimum absolute atomic E-state index is 0.160. The Labute approximate surface area is 249 Å². The maximum Gasteiger partial charge on any atom is 0.393 e. The van der Waals surface area contributed by atoms with Gasteiger partial charge in [0.2, 0.25) is 0 Å². The van der Waals surface area contributed by atoms with Crippen LogP contribution in [0.3, 0.4) is 0 Å². The molecule has 3 atom stereocenters. The van der Waals surface area contributed by atoms with Crippen molar-refractivity contribution in [1.82, 2.24) is 4.90 Å². The number of nitrogens with zero attached hydrogens (tertiary/aromatic N) is 1. The molecule has 3 heterocycles. The molecule has 2 aliphatic rings. The lowest BCUT2D eigenvalue weighted by atomic mass is 10.00. The molecule has 0 saturated carbocycles. The van der Waals surface area contributed by atoms with E-state index in [1.165, 1.54) is 16.6 Å². The molecule has 0 aliphatic carbocycles. The summed E-state index contributed by atoms with van der Waals surface area (Å²) in [6.45, 7) is 6.99. The summed E-state index contributed by atoms with van der Waals surface area (Å²) in [5.41, 5.74) is 1.58. The van der Waals surface area contributed by atoms with Gasteiger partial charge in [-0.15, -0.1) is 11.3 Å². The second-order valence-corrected chi connectivity index (χ2v) is 14.2. The van der Waals surface area contributed by atoms with E-state index in [2.05, 4.69) is 40.7 Å². The number of benzene rings is 2. The Morgan fingerprint density at radius 1 is 1.17 bits per heavy atom. The van der Waals surface area contributed by atoms with Crippen molar-refractivity contribution in [1.29, 1.82) is 0 Å². The van der Waals surface area contributed by atoms with Crippen LogP contribution in [-0.4, -0.2) is 82.6 Å². The monoisotopic (exact) mass is 621 g/mol. The topological polar surface area (TPSA) is 45.8 Å². The quantitative estimate of drug-likeness (QED) is 0.172. The van der Waals surface area contributed by atoms with Crippen LogP contribution in [0, 0.1) is 11.8 Å². The van der Waals surface area contributed by atoms with E-state index < -0.39 is 24.8 Å². The molecule has 5 nitrogen and oxygen atoms in total. The lowest BCUT2D eigenvalue weighted by Gasteiger charge is -2.38. The van der Waals surface area contributed by atoms with Gasteiger partial charge in [-0.05, 0) is 60.6 Å². The van der Waals surface area contributed by atoms with Gasteiger partial charge < -0.3 is 20.1 Å². The van der Waals surface area contributed by atoms with E-state index in [1.54, 1.807) is 19.2 Å². The average Bonchev–Trinajstić information content (AvgIpc) is 3.61. The van der Waals surface area contributed by atoms with Crippen LogP contribution >= 0.6 is 19.3 Å². The first kappa shape index (κ1) is 30.9. The molecule has 0 radical (unpaired) electrons. The van der Waals surface area contributed by atoms with E-state index >= 15 is 4.39 Å². The van der Waals surface area contributed by atoms with Crippen LogP contribution in [-0.2, 0) is 11.2 Å². The van der Waals surface area contributed by atoms with Crippen molar-refractivity contribution in [2.24, 2.45) is 0 Å². The smallest absolute Gasteiger partial charge is 0.393 e. The molecule has 11 heteroatoms. The predicted octanol–water partition coefficient (Wildman–Crippen LogP) is 6.46. The highest BCUT2D eigenvalue weighted by Gasteiger charge is 2.35. The van der Waals surface area contributed by atoms with Crippen molar-refractivity contribution in [3.05, 3.63) is 46.8 Å². The van der Waals surface area contributed by atoms with Gasteiger partial charge in [-0.2, -0.15) is 13.2 Å². The summed E-state index contributed by atoms with van der Waals surface area (Å²) in [5.74, 6) is 6.69. The third-order valence-corrected chi connectivity index (χ3v) is 10.3. The highest BCUT2D eigenvalue weighted by atomic mass is 32.1. The number of nitrogens with one attached hydrogen (secondary N) is 2. The molecule has 2 fully saturated rings. The largest absolute Gasteiger partial charge is 0.495 e. The van der Waals surface area contributed by atoms with Gasteiger partial charge in [0.15, 0.2) is 0 Å². The normalized spacial score (nSPS) is 21.4. The van der Waals surface area contributed by atoms with Gasteiger partial charge in [-0.1, -0.05) is 38.0 Å². The number of hydrogen-bond donors (Lipinski definition) is 2. The van der Waals surface area contributed by atoms with E-state index in [0.717, 1.165) is 18.7 Å². The van der Waals surface area contributed by atoms with Crippen LogP contribution in [0.1, 0.15) is 23.3 Å². The summed E-state index contributed by atoms with van der Waals surface area (Å²) in [5, 5.41) is 8.26. The van der Waals surface area contributed by atoms with Crippen LogP contribution < -0.4 is 20.7 Å². The molecule has 2 aromatic carbocycles. The van der Waals surface area contributed by atoms with E-state index in [1.807, 2.05) is 24.3 Å². The Bertz CT molecular complexity index is 1450. The van der Waals surface area contributed by atoms with Gasteiger partial charge in [-0.3, -0.25) is 4.90 Å². The van der Waals surface area contributed by atoms with E-state index in [4.69, 9.17) is 9.47 Å². The van der Waals surface area contributed by atoms with E-state index in [9.17, 15) is 13.2 Å². The van der Waals surface area contributed by atoms with E-state index in [0.29, 0.717) is 52.6 Å². The number of alkyl halides is 4. The van der Waals surface area contributed by atoms with Crippen molar-refractivity contribution in [2.45, 2.75) is 43.7 Å². The van der Waals surface area contributed by atoms with Crippen LogP contribution in [0.4, 0.5) is 28.9 Å². The standard InChI is InChI=1S/C31H36F4N3O2PS/c1-39-28-16-21(41(2)3)9-10-26(28)36-13-5-8-29-23(17-31(33,34)35)22-6-4-7-27(30(22)42-29)37-25-11-14-38(18-24(25)32)20-12-15-40-19-20/h4,6-7,9-10,16,20,24-25,36-37H,11-15,17-19H2,1-3H3/t20?,24-,25+/m0/s1. The fourth-order valence-corrected chi connectivity index (χ4v) is 7.48. The molecule has 0 bridgehead atoms. The summed E-state index contributed by atoms with van der Waals surface area (Å²) in [7, 11) is 1.33. The Kier molecular flexibility index (Phi) is 9.84. The summed E-state index contributed by atoms with van der Waals surface area (Å²) in [4.78, 5) is 2.52. The molecular weight excluding hydrogens is 585 g/mol. The molecule has 3 aromatic rings. The first-order valence-corrected chi connectivity index (χ1v) is 17.1. The highest BCUT2D eigenvalue weighted by Crippen LogP contribution is 2.40. The van der Waals surface area contributed by atoms with E-state index in [-0.39, 0.29) is 26.1 Å². The lowest BCUT2D eigenvalue weighted by molar-refractivity contribution is -0.126. The highest BCUT2D eigenvalue weighted by molar-refractivity contribution is 7.64. The third kappa shape index (κ3) is 7.31. The second-order valence-electron chi connectivity index (χ2n) is 10.9. The predicted molar refractivity (Wildman–Crippen MR) is 166 cm³/mol. The van der Waals surface area contributed by atoms with Gasteiger partial charge in [-0.25, -0.2) is 4.39 Å². The zero-order valence-corrected chi connectivity index (χ0v) is 25.7. The number of likely N-dealkylation sites (tertiary alicyclic amines) is 1. The van der Waals surface area contributed by atoms with Crippen molar-refractivity contribution in [2.75, 3.05) is 63.9 Å². The first-order chi connectivity index (χ1) is 20.1. The Hall–Kier alpha value is -2.57. The van der Waals surface area contributed by atoms with Gasteiger partial charge >= 0.3 is 6.18 Å². The number of hydrogen-bond acceptors (Lipinski definition) is 6. The molecule has 0 amide bonds. The molecule has 2 saturated heterocycles. The van der Waals surface area contributed by atoms with Crippen molar-refractivity contribution >= 4 is 46.0 Å². The number of rotatable bonds is 8. The number of methoxy groups -OCH3 is 1. The van der Waals surface area contributed by atoms with Crippen LogP contribution in [0.25, 0.3) is 10.1 Å². The number of thiophene rings is 1. The summed E-state index contributed by atoms with van der Waals surface area (Å²) >= 11 is 1.23. The fourth-order valence-electron chi connectivity index (χ4n) is 5.56. The SMILES string of the molecule is COc1cc(P(C)C)ccc1NCC#Cc1sc2c(N[C@@H]3CCN(C4CCOC4)C[C@@H]3F)cccc2c1CC(F)(F)F. The molecule has 2 N–H and O–H groups in total. The average molecular weight is 622 g/mol. The Morgan fingerprint density at radius 3 is 2.69 bits per heavy atom.